The Morgan fingerprint density at radius 1 is 1.55 bits per heavy atom. The Bertz CT molecular complexity index is 514. The van der Waals surface area contributed by atoms with Crippen LogP contribution in [0, 0.1) is 21.4 Å². The first-order valence-electron chi connectivity index (χ1n) is 6.16. The molecular weight excluding hydrogens is 282 g/mol. The van der Waals surface area contributed by atoms with E-state index in [2.05, 4.69) is 11.4 Å². The average molecular weight is 298 g/mol. The van der Waals surface area contributed by atoms with E-state index >= 15 is 0 Å². The van der Waals surface area contributed by atoms with Gasteiger partial charge in [0.1, 0.15) is 0 Å². The van der Waals surface area contributed by atoms with Crippen molar-refractivity contribution in [2.45, 2.75) is 32.4 Å². The minimum Gasteiger partial charge on any atom is -0.487 e. The molecule has 1 aromatic rings. The van der Waals surface area contributed by atoms with E-state index < -0.39 is 4.92 Å². The lowest BCUT2D eigenvalue weighted by atomic mass is 10.2. The van der Waals surface area contributed by atoms with E-state index in [1.54, 1.807) is 0 Å². The fraction of sp³-hybridized carbons (Fsp3) is 0.462. The Morgan fingerprint density at radius 3 is 2.80 bits per heavy atom. The van der Waals surface area contributed by atoms with Gasteiger partial charge >= 0.3 is 5.69 Å². The van der Waals surface area contributed by atoms with Gasteiger partial charge in [-0.25, -0.2) is 0 Å². The van der Waals surface area contributed by atoms with Crippen LogP contribution in [0.3, 0.4) is 0 Å². The number of nitro groups is 1. The fourth-order valence-electron chi connectivity index (χ4n) is 1.63. The highest BCUT2D eigenvalue weighted by Gasteiger charge is 2.16. The van der Waals surface area contributed by atoms with Gasteiger partial charge in [-0.2, -0.15) is 5.26 Å². The van der Waals surface area contributed by atoms with Crippen LogP contribution in [0.15, 0.2) is 18.2 Å². The van der Waals surface area contributed by atoms with Crippen molar-refractivity contribution in [3.8, 4) is 11.8 Å². The fourth-order valence-corrected chi connectivity index (χ4v) is 1.79. The van der Waals surface area contributed by atoms with Gasteiger partial charge in [0.25, 0.3) is 0 Å². The van der Waals surface area contributed by atoms with Crippen LogP contribution in [0.25, 0.3) is 0 Å². The van der Waals surface area contributed by atoms with Crippen molar-refractivity contribution < 1.29 is 9.66 Å². The molecule has 108 valence electrons. The number of hydrogen-bond donors (Lipinski definition) is 1. The number of hydrogen-bond acceptors (Lipinski definition) is 5. The van der Waals surface area contributed by atoms with Gasteiger partial charge in [0.2, 0.25) is 0 Å². The highest BCUT2D eigenvalue weighted by atomic mass is 35.5. The van der Waals surface area contributed by atoms with Gasteiger partial charge in [-0.15, -0.1) is 0 Å². The molecule has 1 unspecified atom stereocenters. The zero-order valence-electron chi connectivity index (χ0n) is 11.3. The van der Waals surface area contributed by atoms with Gasteiger partial charge in [-0.1, -0.05) is 11.6 Å². The summed E-state index contributed by atoms with van der Waals surface area (Å²) >= 11 is 5.79. The normalized spacial score (nSPS) is 11.9. The highest BCUT2D eigenvalue weighted by Crippen LogP contribution is 2.29. The zero-order valence-corrected chi connectivity index (χ0v) is 12.1. The summed E-state index contributed by atoms with van der Waals surface area (Å²) < 4.78 is 5.38. The number of halogens is 1. The minimum atomic E-state index is -0.528. The van der Waals surface area contributed by atoms with Gasteiger partial charge in [0.15, 0.2) is 5.75 Å². The summed E-state index contributed by atoms with van der Waals surface area (Å²) in [7, 11) is 0. The summed E-state index contributed by atoms with van der Waals surface area (Å²) in [5, 5.41) is 23.2. The lowest BCUT2D eigenvalue weighted by Crippen LogP contribution is -2.34. The second-order valence-electron chi connectivity index (χ2n) is 4.51. The molecule has 0 spiro atoms. The smallest absolute Gasteiger partial charge is 0.311 e. The summed E-state index contributed by atoms with van der Waals surface area (Å²) in [5.74, 6) is 0.115. The highest BCUT2D eigenvalue weighted by molar-refractivity contribution is 6.30. The monoisotopic (exact) mass is 297 g/mol. The van der Waals surface area contributed by atoms with Crippen LogP contribution in [0.5, 0.6) is 5.75 Å². The zero-order chi connectivity index (χ0) is 15.1. The molecule has 1 atom stereocenters. The third-order valence-electron chi connectivity index (χ3n) is 2.47. The maximum Gasteiger partial charge on any atom is 0.311 e. The number of nitrogens with zero attached hydrogens (tertiary/aromatic N) is 2. The molecule has 0 aliphatic rings. The van der Waals surface area contributed by atoms with Crippen molar-refractivity contribution in [2.75, 3.05) is 6.61 Å². The van der Waals surface area contributed by atoms with Gasteiger partial charge in [-0.05, 0) is 19.9 Å². The Balaban J connectivity index is 2.64. The number of rotatable bonds is 7. The predicted octanol–water partition coefficient (Wildman–Crippen LogP) is 2.91. The van der Waals surface area contributed by atoms with E-state index in [-0.39, 0.29) is 30.1 Å². The SMILES string of the molecule is CC(C)NC(C#N)CCOc1cc(Cl)ccc1[N+](=O)[O-]. The van der Waals surface area contributed by atoms with E-state index in [0.29, 0.717) is 11.4 Å². The van der Waals surface area contributed by atoms with Crippen LogP contribution in [0.4, 0.5) is 5.69 Å². The molecule has 0 fully saturated rings. The Morgan fingerprint density at radius 2 is 2.25 bits per heavy atom. The minimum absolute atomic E-state index is 0.115. The molecule has 0 heterocycles. The van der Waals surface area contributed by atoms with E-state index in [9.17, 15) is 10.1 Å². The number of benzene rings is 1. The molecule has 20 heavy (non-hydrogen) atoms. The van der Waals surface area contributed by atoms with Crippen molar-refractivity contribution in [1.29, 1.82) is 5.26 Å². The molecule has 6 nitrogen and oxygen atoms in total. The molecule has 0 bridgehead atoms. The molecule has 0 amide bonds. The number of nitro benzene ring substituents is 1. The quantitative estimate of drug-likeness (QED) is 0.617. The predicted molar refractivity (Wildman–Crippen MR) is 75.9 cm³/mol. The van der Waals surface area contributed by atoms with Gasteiger partial charge in [0, 0.05) is 29.6 Å². The molecule has 0 aromatic heterocycles. The Labute approximate surface area is 122 Å². The molecule has 0 saturated heterocycles. The maximum atomic E-state index is 10.8. The molecule has 0 aliphatic carbocycles. The maximum absolute atomic E-state index is 10.8. The van der Waals surface area contributed by atoms with Crippen molar-refractivity contribution in [1.82, 2.24) is 5.32 Å². The second-order valence-corrected chi connectivity index (χ2v) is 4.95. The van der Waals surface area contributed by atoms with Crippen LogP contribution < -0.4 is 10.1 Å². The number of nitriles is 1. The van der Waals surface area contributed by atoms with Crippen LogP contribution in [0.2, 0.25) is 5.02 Å². The van der Waals surface area contributed by atoms with Crippen LogP contribution in [-0.4, -0.2) is 23.6 Å². The van der Waals surface area contributed by atoms with Crippen molar-refractivity contribution >= 4 is 17.3 Å². The first-order valence-corrected chi connectivity index (χ1v) is 6.54. The lowest BCUT2D eigenvalue weighted by molar-refractivity contribution is -0.385. The lowest BCUT2D eigenvalue weighted by Gasteiger charge is -2.14. The van der Waals surface area contributed by atoms with Crippen LogP contribution in [0.1, 0.15) is 20.3 Å². The molecule has 0 radical (unpaired) electrons. The molecule has 7 heteroatoms. The standard InChI is InChI=1S/C13H16ClN3O3/c1-9(2)16-11(8-15)5-6-20-13-7-10(14)3-4-12(13)17(18)19/h3-4,7,9,11,16H,5-6H2,1-2H3. The average Bonchev–Trinajstić information content (AvgIpc) is 2.36. The van der Waals surface area contributed by atoms with E-state index in [1.807, 2.05) is 13.8 Å². The molecule has 0 saturated carbocycles. The number of ether oxygens (including phenoxy) is 1. The summed E-state index contributed by atoms with van der Waals surface area (Å²) in [6.07, 6.45) is 0.429. The summed E-state index contributed by atoms with van der Waals surface area (Å²) in [5.41, 5.74) is -0.139. The van der Waals surface area contributed by atoms with Gasteiger partial charge in [-0.3, -0.25) is 15.4 Å². The summed E-state index contributed by atoms with van der Waals surface area (Å²) in [6, 6.07) is 6.08. The molecule has 1 N–H and O–H groups in total. The Hall–Kier alpha value is -1.84. The number of nitrogens with one attached hydrogen (secondary N) is 1. The molecule has 1 rings (SSSR count). The van der Waals surface area contributed by atoms with E-state index in [1.165, 1.54) is 18.2 Å². The van der Waals surface area contributed by atoms with Crippen molar-refractivity contribution in [3.63, 3.8) is 0 Å². The third kappa shape index (κ3) is 5.03. The van der Waals surface area contributed by atoms with Crippen molar-refractivity contribution in [3.05, 3.63) is 33.3 Å². The second kappa shape index (κ2) is 7.68. The van der Waals surface area contributed by atoms with Gasteiger partial charge < -0.3 is 4.74 Å². The van der Waals surface area contributed by atoms with Crippen LogP contribution >= 0.6 is 11.6 Å². The van der Waals surface area contributed by atoms with Gasteiger partial charge in [0.05, 0.1) is 23.6 Å². The first-order chi connectivity index (χ1) is 9.43. The summed E-state index contributed by atoms with van der Waals surface area (Å²) in [4.78, 5) is 10.3. The third-order valence-corrected chi connectivity index (χ3v) is 2.71. The van der Waals surface area contributed by atoms with Crippen molar-refractivity contribution in [2.24, 2.45) is 0 Å². The van der Waals surface area contributed by atoms with E-state index in [4.69, 9.17) is 21.6 Å². The molecule has 1 aromatic carbocycles. The first kappa shape index (κ1) is 16.2. The van der Waals surface area contributed by atoms with Crippen LogP contribution in [-0.2, 0) is 0 Å². The van der Waals surface area contributed by atoms with E-state index in [0.717, 1.165) is 0 Å². The largest absolute Gasteiger partial charge is 0.487 e. The summed E-state index contributed by atoms with van der Waals surface area (Å²) in [6.45, 7) is 4.07. The topological polar surface area (TPSA) is 88.2 Å². The Kier molecular flexibility index (Phi) is 6.22. The molecular formula is C13H16ClN3O3. The molecule has 0 aliphatic heterocycles.